The lowest BCUT2D eigenvalue weighted by Gasteiger charge is -2.24. The van der Waals surface area contributed by atoms with Gasteiger partial charge in [0.1, 0.15) is 12.2 Å². The number of hydrogen-bond acceptors (Lipinski definition) is 4. The minimum atomic E-state index is 0.396. The molecular weight excluding hydrogens is 216 g/mol. The molecule has 0 amide bonds. The van der Waals surface area contributed by atoms with Crippen molar-refractivity contribution in [2.45, 2.75) is 44.2 Å². The van der Waals surface area contributed by atoms with E-state index in [-0.39, 0.29) is 0 Å². The third-order valence-electron chi connectivity index (χ3n) is 3.79. The summed E-state index contributed by atoms with van der Waals surface area (Å²) in [6.45, 7) is 2.56. The molecular formula is C12H20N4O. The number of nitrogens with zero attached hydrogens (tertiary/aromatic N) is 3. The van der Waals surface area contributed by atoms with Gasteiger partial charge in [-0.3, -0.25) is 0 Å². The third kappa shape index (κ3) is 2.50. The quantitative estimate of drug-likeness (QED) is 0.848. The molecule has 94 valence electrons. The molecule has 1 aromatic rings. The first-order valence-corrected chi connectivity index (χ1v) is 6.63. The molecule has 3 rings (SSSR count). The maximum absolute atomic E-state index is 5.48. The molecule has 5 heteroatoms. The molecule has 2 aliphatic rings. The fraction of sp³-hybridized carbons (Fsp3) is 0.833. The van der Waals surface area contributed by atoms with E-state index in [1.807, 2.05) is 6.33 Å². The molecule has 0 radical (unpaired) electrons. The van der Waals surface area contributed by atoms with Crippen LogP contribution in [-0.4, -0.2) is 40.6 Å². The van der Waals surface area contributed by atoms with Gasteiger partial charge in [0.15, 0.2) is 0 Å². The van der Waals surface area contributed by atoms with Gasteiger partial charge < -0.3 is 14.6 Å². The highest BCUT2D eigenvalue weighted by atomic mass is 16.5. The Balaban J connectivity index is 1.67. The van der Waals surface area contributed by atoms with E-state index >= 15 is 0 Å². The van der Waals surface area contributed by atoms with Crippen molar-refractivity contribution in [1.82, 2.24) is 20.1 Å². The van der Waals surface area contributed by atoms with Gasteiger partial charge in [0.2, 0.25) is 0 Å². The Hall–Kier alpha value is -0.940. The first-order chi connectivity index (χ1) is 8.43. The van der Waals surface area contributed by atoms with Crippen LogP contribution >= 0.6 is 0 Å². The van der Waals surface area contributed by atoms with Gasteiger partial charge in [-0.05, 0) is 12.8 Å². The number of rotatable bonds is 3. The van der Waals surface area contributed by atoms with Crippen molar-refractivity contribution in [1.29, 1.82) is 0 Å². The largest absolute Gasteiger partial charge is 0.379 e. The van der Waals surface area contributed by atoms with E-state index in [0.717, 1.165) is 32.0 Å². The van der Waals surface area contributed by atoms with Crippen LogP contribution in [0.1, 0.15) is 37.5 Å². The van der Waals surface area contributed by atoms with E-state index in [2.05, 4.69) is 20.1 Å². The molecule has 1 aliphatic heterocycles. The van der Waals surface area contributed by atoms with E-state index in [0.29, 0.717) is 12.1 Å². The molecule has 2 heterocycles. The zero-order chi connectivity index (χ0) is 11.5. The standard InChI is InChI=1S/C12H20N4O/c1-2-4-11(3-1)16-9-14-15-12(16)7-10-8-17-6-5-13-10/h9-11,13H,1-8H2. The highest BCUT2D eigenvalue weighted by molar-refractivity contribution is 4.95. The topological polar surface area (TPSA) is 52.0 Å². The molecule has 5 nitrogen and oxygen atoms in total. The van der Waals surface area contributed by atoms with Crippen LogP contribution in [0.4, 0.5) is 0 Å². The van der Waals surface area contributed by atoms with Crippen molar-refractivity contribution in [3.63, 3.8) is 0 Å². The van der Waals surface area contributed by atoms with Crippen LogP contribution in [0.3, 0.4) is 0 Å². The lowest BCUT2D eigenvalue weighted by molar-refractivity contribution is 0.0760. The Bertz CT molecular complexity index is 353. The molecule has 17 heavy (non-hydrogen) atoms. The second-order valence-corrected chi connectivity index (χ2v) is 5.02. The second-order valence-electron chi connectivity index (χ2n) is 5.02. The third-order valence-corrected chi connectivity index (χ3v) is 3.79. The molecule has 0 bridgehead atoms. The summed E-state index contributed by atoms with van der Waals surface area (Å²) in [5.74, 6) is 1.11. The first kappa shape index (κ1) is 11.2. The number of ether oxygens (including phenoxy) is 1. The van der Waals surface area contributed by atoms with Crippen LogP contribution in [0, 0.1) is 0 Å². The number of hydrogen-bond donors (Lipinski definition) is 1. The van der Waals surface area contributed by atoms with Gasteiger partial charge >= 0.3 is 0 Å². The van der Waals surface area contributed by atoms with Gasteiger partial charge in [-0.15, -0.1) is 10.2 Å². The van der Waals surface area contributed by atoms with Crippen molar-refractivity contribution >= 4 is 0 Å². The summed E-state index contributed by atoms with van der Waals surface area (Å²) in [4.78, 5) is 0. The zero-order valence-corrected chi connectivity index (χ0v) is 10.1. The van der Waals surface area contributed by atoms with Gasteiger partial charge in [0, 0.05) is 25.0 Å². The average Bonchev–Trinajstić information content (AvgIpc) is 3.00. The Morgan fingerprint density at radius 3 is 3.06 bits per heavy atom. The summed E-state index contributed by atoms with van der Waals surface area (Å²) in [5, 5.41) is 11.8. The molecule has 1 unspecified atom stereocenters. The molecule has 1 saturated heterocycles. The Labute approximate surface area is 102 Å². The van der Waals surface area contributed by atoms with Gasteiger partial charge in [-0.1, -0.05) is 12.8 Å². The number of aromatic nitrogens is 3. The van der Waals surface area contributed by atoms with Crippen molar-refractivity contribution < 1.29 is 4.74 Å². The monoisotopic (exact) mass is 236 g/mol. The minimum Gasteiger partial charge on any atom is -0.379 e. The van der Waals surface area contributed by atoms with Crippen LogP contribution in [-0.2, 0) is 11.2 Å². The first-order valence-electron chi connectivity index (χ1n) is 6.63. The van der Waals surface area contributed by atoms with E-state index in [1.165, 1.54) is 25.7 Å². The van der Waals surface area contributed by atoms with Gasteiger partial charge in [-0.25, -0.2) is 0 Å². The van der Waals surface area contributed by atoms with E-state index in [9.17, 15) is 0 Å². The zero-order valence-electron chi connectivity index (χ0n) is 10.1. The van der Waals surface area contributed by atoms with Crippen molar-refractivity contribution in [3.05, 3.63) is 12.2 Å². The Morgan fingerprint density at radius 1 is 1.41 bits per heavy atom. The van der Waals surface area contributed by atoms with Gasteiger partial charge in [0.25, 0.3) is 0 Å². The van der Waals surface area contributed by atoms with Crippen molar-refractivity contribution in [3.8, 4) is 0 Å². The maximum atomic E-state index is 5.48. The maximum Gasteiger partial charge on any atom is 0.134 e. The van der Waals surface area contributed by atoms with Crippen LogP contribution < -0.4 is 5.32 Å². The summed E-state index contributed by atoms with van der Waals surface area (Å²) in [6, 6.07) is 1.03. The minimum absolute atomic E-state index is 0.396. The van der Waals surface area contributed by atoms with Gasteiger partial charge in [0.05, 0.1) is 13.2 Å². The fourth-order valence-electron chi connectivity index (χ4n) is 2.87. The van der Waals surface area contributed by atoms with Crippen molar-refractivity contribution in [2.24, 2.45) is 0 Å². The highest BCUT2D eigenvalue weighted by Crippen LogP contribution is 2.30. The predicted octanol–water partition coefficient (Wildman–Crippen LogP) is 0.924. The van der Waals surface area contributed by atoms with Crippen LogP contribution in [0.2, 0.25) is 0 Å². The Morgan fingerprint density at radius 2 is 2.29 bits per heavy atom. The molecule has 2 fully saturated rings. The molecule has 1 saturated carbocycles. The summed E-state index contributed by atoms with van der Waals surface area (Å²) < 4.78 is 7.76. The van der Waals surface area contributed by atoms with E-state index < -0.39 is 0 Å². The molecule has 0 aromatic carbocycles. The van der Waals surface area contributed by atoms with Gasteiger partial charge in [-0.2, -0.15) is 0 Å². The second kappa shape index (κ2) is 5.14. The van der Waals surface area contributed by atoms with E-state index in [1.54, 1.807) is 0 Å². The predicted molar refractivity (Wildman–Crippen MR) is 63.8 cm³/mol. The summed E-state index contributed by atoms with van der Waals surface area (Å²) in [6.07, 6.45) is 8.06. The molecule has 1 N–H and O–H groups in total. The SMILES string of the molecule is c1nnc(CC2COCCN2)n1C1CCCC1. The number of morpholine rings is 1. The molecule has 1 aromatic heterocycles. The van der Waals surface area contributed by atoms with Crippen molar-refractivity contribution in [2.75, 3.05) is 19.8 Å². The van der Waals surface area contributed by atoms with Crippen LogP contribution in [0.15, 0.2) is 6.33 Å². The fourth-order valence-corrected chi connectivity index (χ4v) is 2.87. The summed E-state index contributed by atoms with van der Waals surface area (Å²) >= 11 is 0. The molecule has 0 spiro atoms. The van der Waals surface area contributed by atoms with E-state index in [4.69, 9.17) is 4.74 Å². The van der Waals surface area contributed by atoms with Crippen LogP contribution in [0.25, 0.3) is 0 Å². The van der Waals surface area contributed by atoms with Crippen LogP contribution in [0.5, 0.6) is 0 Å². The molecule has 1 atom stereocenters. The average molecular weight is 236 g/mol. The normalized spacial score (nSPS) is 26.5. The smallest absolute Gasteiger partial charge is 0.134 e. The highest BCUT2D eigenvalue weighted by Gasteiger charge is 2.22. The summed E-state index contributed by atoms with van der Waals surface area (Å²) in [7, 11) is 0. The Kier molecular flexibility index (Phi) is 3.38. The molecule has 1 aliphatic carbocycles. The lowest BCUT2D eigenvalue weighted by atomic mass is 10.1. The number of nitrogens with one attached hydrogen (secondary N) is 1. The lowest BCUT2D eigenvalue weighted by Crippen LogP contribution is -2.43. The summed E-state index contributed by atoms with van der Waals surface area (Å²) in [5.41, 5.74) is 0.